The Kier molecular flexibility index (Phi) is 3.94. The summed E-state index contributed by atoms with van der Waals surface area (Å²) in [5.74, 6) is 0.464. The van der Waals surface area contributed by atoms with Gasteiger partial charge in [-0.3, -0.25) is 4.90 Å². The molecule has 2 atom stereocenters. The van der Waals surface area contributed by atoms with Gasteiger partial charge < -0.3 is 5.11 Å². The van der Waals surface area contributed by atoms with Gasteiger partial charge in [-0.1, -0.05) is 26.0 Å². The zero-order chi connectivity index (χ0) is 9.84. The Morgan fingerprint density at radius 2 is 2.31 bits per heavy atom. The minimum Gasteiger partial charge on any atom is -0.392 e. The van der Waals surface area contributed by atoms with Crippen molar-refractivity contribution >= 4 is 0 Å². The van der Waals surface area contributed by atoms with Crippen LogP contribution in [0.4, 0.5) is 0 Å². The summed E-state index contributed by atoms with van der Waals surface area (Å²) in [4.78, 5) is 2.30. The third kappa shape index (κ3) is 3.12. The molecule has 0 aromatic rings. The third-order valence-corrected chi connectivity index (χ3v) is 2.95. The third-order valence-electron chi connectivity index (χ3n) is 2.95. The lowest BCUT2D eigenvalue weighted by Crippen LogP contribution is -2.43. The zero-order valence-corrected chi connectivity index (χ0v) is 8.79. The quantitative estimate of drug-likeness (QED) is 0.673. The van der Waals surface area contributed by atoms with Crippen LogP contribution in [-0.2, 0) is 0 Å². The second kappa shape index (κ2) is 4.77. The highest BCUT2D eigenvalue weighted by molar-refractivity contribution is 4.97. The van der Waals surface area contributed by atoms with Crippen LogP contribution in [0.2, 0.25) is 0 Å². The first-order chi connectivity index (χ1) is 6.13. The molecule has 0 saturated carbocycles. The van der Waals surface area contributed by atoms with Gasteiger partial charge in [-0.2, -0.15) is 0 Å². The summed E-state index contributed by atoms with van der Waals surface area (Å²) in [6.07, 6.45) is 2.01. The molecule has 76 valence electrons. The SMILES string of the molecule is C=C(CC)CN1CCC(C)C(O)C1. The van der Waals surface area contributed by atoms with Gasteiger partial charge in [-0.05, 0) is 25.3 Å². The van der Waals surface area contributed by atoms with E-state index in [4.69, 9.17) is 0 Å². The number of piperidine rings is 1. The van der Waals surface area contributed by atoms with E-state index in [2.05, 4.69) is 25.3 Å². The van der Waals surface area contributed by atoms with E-state index in [1.807, 2.05) is 0 Å². The summed E-state index contributed by atoms with van der Waals surface area (Å²) >= 11 is 0. The van der Waals surface area contributed by atoms with Gasteiger partial charge in [0.2, 0.25) is 0 Å². The topological polar surface area (TPSA) is 23.5 Å². The van der Waals surface area contributed by atoms with Crippen molar-refractivity contribution in [3.05, 3.63) is 12.2 Å². The Bertz CT molecular complexity index is 179. The Morgan fingerprint density at radius 3 is 2.85 bits per heavy atom. The highest BCUT2D eigenvalue weighted by Gasteiger charge is 2.23. The summed E-state index contributed by atoms with van der Waals surface area (Å²) < 4.78 is 0. The van der Waals surface area contributed by atoms with Gasteiger partial charge in [0.05, 0.1) is 6.10 Å². The Morgan fingerprint density at radius 1 is 1.62 bits per heavy atom. The van der Waals surface area contributed by atoms with Crippen LogP contribution in [0.1, 0.15) is 26.7 Å². The lowest BCUT2D eigenvalue weighted by molar-refractivity contribution is 0.0330. The first-order valence-electron chi connectivity index (χ1n) is 5.20. The molecule has 0 radical (unpaired) electrons. The molecule has 0 aromatic carbocycles. The predicted molar refractivity (Wildman–Crippen MR) is 55.7 cm³/mol. The Hall–Kier alpha value is -0.340. The highest BCUT2D eigenvalue weighted by Crippen LogP contribution is 2.17. The van der Waals surface area contributed by atoms with Crippen molar-refractivity contribution in [2.75, 3.05) is 19.6 Å². The Labute approximate surface area is 81.2 Å². The fourth-order valence-electron chi connectivity index (χ4n) is 1.69. The summed E-state index contributed by atoms with van der Waals surface area (Å²) in [5.41, 5.74) is 1.27. The minimum atomic E-state index is -0.140. The number of hydrogen-bond donors (Lipinski definition) is 1. The van der Waals surface area contributed by atoms with Crippen molar-refractivity contribution in [3.63, 3.8) is 0 Å². The van der Waals surface area contributed by atoms with Gasteiger partial charge in [0.1, 0.15) is 0 Å². The van der Waals surface area contributed by atoms with Gasteiger partial charge in [0.15, 0.2) is 0 Å². The van der Waals surface area contributed by atoms with Gasteiger partial charge in [-0.15, -0.1) is 0 Å². The minimum absolute atomic E-state index is 0.140. The summed E-state index contributed by atoms with van der Waals surface area (Å²) in [6, 6.07) is 0. The van der Waals surface area contributed by atoms with Crippen LogP contribution < -0.4 is 0 Å². The van der Waals surface area contributed by atoms with Crippen LogP contribution in [0.3, 0.4) is 0 Å². The smallest absolute Gasteiger partial charge is 0.0693 e. The van der Waals surface area contributed by atoms with E-state index < -0.39 is 0 Å². The number of hydrogen-bond acceptors (Lipinski definition) is 2. The van der Waals surface area contributed by atoms with E-state index in [1.165, 1.54) is 5.57 Å². The summed E-state index contributed by atoms with van der Waals surface area (Å²) in [5, 5.41) is 9.66. The second-order valence-electron chi connectivity index (χ2n) is 4.17. The van der Waals surface area contributed by atoms with Crippen LogP contribution in [0.25, 0.3) is 0 Å². The molecule has 0 aliphatic carbocycles. The molecule has 0 bridgehead atoms. The number of likely N-dealkylation sites (tertiary alicyclic amines) is 1. The maximum absolute atomic E-state index is 9.66. The summed E-state index contributed by atoms with van der Waals surface area (Å²) in [6.45, 7) is 11.1. The molecule has 1 fully saturated rings. The molecule has 2 unspecified atom stereocenters. The number of aliphatic hydroxyl groups is 1. The normalized spacial score (nSPS) is 30.4. The van der Waals surface area contributed by atoms with Gasteiger partial charge in [-0.25, -0.2) is 0 Å². The van der Waals surface area contributed by atoms with Crippen molar-refractivity contribution in [1.29, 1.82) is 0 Å². The highest BCUT2D eigenvalue weighted by atomic mass is 16.3. The largest absolute Gasteiger partial charge is 0.392 e. The van der Waals surface area contributed by atoms with Gasteiger partial charge in [0, 0.05) is 13.1 Å². The van der Waals surface area contributed by atoms with Crippen LogP contribution in [0, 0.1) is 5.92 Å². The molecule has 0 spiro atoms. The fourth-order valence-corrected chi connectivity index (χ4v) is 1.69. The average molecular weight is 183 g/mol. The van der Waals surface area contributed by atoms with E-state index in [0.717, 1.165) is 32.5 Å². The first-order valence-corrected chi connectivity index (χ1v) is 5.20. The number of rotatable bonds is 3. The van der Waals surface area contributed by atoms with E-state index >= 15 is 0 Å². The number of β-amino-alcohol motifs (C(OH)–C–C–N with tert-alkyl or cyclic N) is 1. The van der Waals surface area contributed by atoms with Crippen molar-refractivity contribution < 1.29 is 5.11 Å². The standard InChI is InChI=1S/C11H21NO/c1-4-9(2)7-12-6-5-10(3)11(13)8-12/h10-11,13H,2,4-8H2,1,3H3. The maximum atomic E-state index is 9.66. The van der Waals surface area contributed by atoms with Crippen LogP contribution in [-0.4, -0.2) is 35.7 Å². The molecule has 13 heavy (non-hydrogen) atoms. The molecular formula is C11H21NO. The lowest BCUT2D eigenvalue weighted by atomic mass is 9.96. The number of aliphatic hydroxyl groups excluding tert-OH is 1. The summed E-state index contributed by atoms with van der Waals surface area (Å²) in [7, 11) is 0. The molecule has 0 amide bonds. The molecule has 1 aliphatic heterocycles. The molecule has 1 rings (SSSR count). The van der Waals surface area contributed by atoms with E-state index in [-0.39, 0.29) is 6.10 Å². The second-order valence-corrected chi connectivity index (χ2v) is 4.17. The van der Waals surface area contributed by atoms with E-state index in [0.29, 0.717) is 5.92 Å². The van der Waals surface area contributed by atoms with Gasteiger partial charge >= 0.3 is 0 Å². The maximum Gasteiger partial charge on any atom is 0.0693 e. The fraction of sp³-hybridized carbons (Fsp3) is 0.818. The van der Waals surface area contributed by atoms with Crippen molar-refractivity contribution in [1.82, 2.24) is 4.90 Å². The first kappa shape index (κ1) is 10.7. The molecule has 1 N–H and O–H groups in total. The van der Waals surface area contributed by atoms with Crippen molar-refractivity contribution in [3.8, 4) is 0 Å². The molecule has 1 heterocycles. The zero-order valence-electron chi connectivity index (χ0n) is 8.79. The number of nitrogens with zero attached hydrogens (tertiary/aromatic N) is 1. The van der Waals surface area contributed by atoms with E-state index in [9.17, 15) is 5.11 Å². The molecule has 2 heteroatoms. The molecule has 2 nitrogen and oxygen atoms in total. The van der Waals surface area contributed by atoms with Gasteiger partial charge in [0.25, 0.3) is 0 Å². The van der Waals surface area contributed by atoms with Crippen molar-refractivity contribution in [2.24, 2.45) is 5.92 Å². The van der Waals surface area contributed by atoms with Crippen LogP contribution in [0.5, 0.6) is 0 Å². The van der Waals surface area contributed by atoms with Crippen LogP contribution in [0.15, 0.2) is 12.2 Å². The van der Waals surface area contributed by atoms with E-state index in [1.54, 1.807) is 0 Å². The molecule has 1 saturated heterocycles. The van der Waals surface area contributed by atoms with Crippen molar-refractivity contribution in [2.45, 2.75) is 32.8 Å². The molecule has 0 aromatic heterocycles. The van der Waals surface area contributed by atoms with Crippen LogP contribution >= 0.6 is 0 Å². The molecular weight excluding hydrogens is 162 g/mol. The molecule has 1 aliphatic rings. The Balaban J connectivity index is 2.33. The lowest BCUT2D eigenvalue weighted by Gasteiger charge is -2.34. The monoisotopic (exact) mass is 183 g/mol. The average Bonchev–Trinajstić information content (AvgIpc) is 2.11. The predicted octanol–water partition coefficient (Wildman–Crippen LogP) is 1.66.